The highest BCUT2D eigenvalue weighted by Gasteiger charge is 2.35. The molecule has 0 spiro atoms. The second-order valence-corrected chi connectivity index (χ2v) is 6.50. The fourth-order valence-electron chi connectivity index (χ4n) is 3.02. The number of aryl methyl sites for hydroxylation is 1. The lowest BCUT2D eigenvalue weighted by atomic mass is 9.82. The van der Waals surface area contributed by atoms with Crippen molar-refractivity contribution < 1.29 is 14.1 Å². The van der Waals surface area contributed by atoms with Crippen molar-refractivity contribution in [3.8, 4) is 0 Å². The molecule has 140 valence electrons. The second kappa shape index (κ2) is 8.33. The molecule has 7 nitrogen and oxygen atoms in total. The summed E-state index contributed by atoms with van der Waals surface area (Å²) in [5.41, 5.74) is 7.11. The van der Waals surface area contributed by atoms with E-state index in [1.807, 2.05) is 0 Å². The van der Waals surface area contributed by atoms with Gasteiger partial charge in [-0.2, -0.15) is 0 Å². The van der Waals surface area contributed by atoms with Gasteiger partial charge in [0.15, 0.2) is 0 Å². The van der Waals surface area contributed by atoms with Crippen LogP contribution in [0.25, 0.3) is 0 Å². The summed E-state index contributed by atoms with van der Waals surface area (Å²) < 4.78 is 4.88. The molecule has 0 atom stereocenters. The molecule has 0 bridgehead atoms. The Hall–Kier alpha value is -2.38. The van der Waals surface area contributed by atoms with Gasteiger partial charge in [-0.15, -0.1) is 12.4 Å². The number of carbonyl (C=O) groups is 2. The summed E-state index contributed by atoms with van der Waals surface area (Å²) in [6.45, 7) is 1.68. The number of anilines is 2. The van der Waals surface area contributed by atoms with Crippen molar-refractivity contribution in [3.05, 3.63) is 41.8 Å². The number of hydrogen-bond acceptors (Lipinski definition) is 5. The van der Waals surface area contributed by atoms with Crippen LogP contribution in [0.3, 0.4) is 0 Å². The van der Waals surface area contributed by atoms with Gasteiger partial charge in [-0.3, -0.25) is 9.59 Å². The van der Waals surface area contributed by atoms with Crippen LogP contribution in [0.4, 0.5) is 11.4 Å². The van der Waals surface area contributed by atoms with Crippen LogP contribution in [0.2, 0.25) is 0 Å². The van der Waals surface area contributed by atoms with E-state index in [0.29, 0.717) is 35.5 Å². The average molecular weight is 379 g/mol. The highest BCUT2D eigenvalue weighted by Crippen LogP contribution is 2.27. The Kier molecular flexibility index (Phi) is 6.39. The molecule has 0 unspecified atom stereocenters. The van der Waals surface area contributed by atoms with E-state index in [1.54, 1.807) is 31.2 Å². The minimum absolute atomic E-state index is 0. The molecule has 8 heteroatoms. The molecule has 0 aliphatic heterocycles. The third-order valence-corrected chi connectivity index (χ3v) is 4.59. The van der Waals surface area contributed by atoms with Crippen LogP contribution in [0, 0.1) is 6.92 Å². The summed E-state index contributed by atoms with van der Waals surface area (Å²) in [5.74, 6) is 0.0184. The maximum atomic E-state index is 12.4. The minimum Gasteiger partial charge on any atom is -0.361 e. The monoisotopic (exact) mass is 378 g/mol. The molecule has 26 heavy (non-hydrogen) atoms. The summed E-state index contributed by atoms with van der Waals surface area (Å²) in [7, 11) is 0. The van der Waals surface area contributed by atoms with Gasteiger partial charge in [-0.05, 0) is 44.0 Å². The lowest BCUT2D eigenvalue weighted by Gasteiger charge is -2.31. The maximum absolute atomic E-state index is 12.4. The topological polar surface area (TPSA) is 110 Å². The van der Waals surface area contributed by atoms with Gasteiger partial charge in [0.1, 0.15) is 11.3 Å². The molecule has 1 aliphatic rings. The van der Waals surface area contributed by atoms with Crippen molar-refractivity contribution in [2.24, 2.45) is 5.73 Å². The van der Waals surface area contributed by atoms with Crippen molar-refractivity contribution in [2.45, 2.75) is 44.6 Å². The number of nitrogens with two attached hydrogens (primary N) is 1. The van der Waals surface area contributed by atoms with Gasteiger partial charge in [0.2, 0.25) is 5.91 Å². The highest BCUT2D eigenvalue weighted by atomic mass is 35.5. The molecule has 1 aromatic carbocycles. The second-order valence-electron chi connectivity index (χ2n) is 6.50. The summed E-state index contributed by atoms with van der Waals surface area (Å²) in [6, 6.07) is 6.92. The first kappa shape index (κ1) is 19.9. The highest BCUT2D eigenvalue weighted by molar-refractivity contribution is 6.05. The third-order valence-electron chi connectivity index (χ3n) is 4.59. The number of nitrogens with one attached hydrogen (secondary N) is 2. The molecule has 2 amide bonds. The van der Waals surface area contributed by atoms with Crippen molar-refractivity contribution in [3.63, 3.8) is 0 Å². The zero-order valence-electron chi connectivity index (χ0n) is 14.6. The molecule has 2 aromatic rings. The number of rotatable bonds is 4. The van der Waals surface area contributed by atoms with Crippen molar-refractivity contribution in [1.82, 2.24) is 5.16 Å². The average Bonchev–Trinajstić information content (AvgIpc) is 3.03. The molecule has 4 N–H and O–H groups in total. The quantitative estimate of drug-likeness (QED) is 0.756. The number of carbonyl (C=O) groups excluding carboxylic acids is 2. The van der Waals surface area contributed by atoms with Gasteiger partial charge in [0, 0.05) is 11.4 Å². The van der Waals surface area contributed by atoms with E-state index in [9.17, 15) is 9.59 Å². The predicted octanol–water partition coefficient (Wildman–Crippen LogP) is 3.26. The third kappa shape index (κ3) is 4.42. The SMILES string of the molecule is Cc1oncc1C(=O)Nc1ccc(NC(=O)C2(N)CCCCC2)cc1.Cl. The Morgan fingerprint density at radius 3 is 2.19 bits per heavy atom. The fraction of sp³-hybridized carbons (Fsp3) is 0.389. The lowest BCUT2D eigenvalue weighted by molar-refractivity contribution is -0.122. The van der Waals surface area contributed by atoms with Crippen LogP contribution in [0.15, 0.2) is 35.0 Å². The Balaban J connectivity index is 0.00000243. The normalized spacial score (nSPS) is 15.6. The maximum Gasteiger partial charge on any atom is 0.260 e. The van der Waals surface area contributed by atoms with E-state index >= 15 is 0 Å². The summed E-state index contributed by atoms with van der Waals surface area (Å²) in [5, 5.41) is 9.21. The molecule has 0 radical (unpaired) electrons. The van der Waals surface area contributed by atoms with Crippen LogP contribution in [0.5, 0.6) is 0 Å². The Labute approximate surface area is 158 Å². The predicted molar refractivity (Wildman–Crippen MR) is 102 cm³/mol. The van der Waals surface area contributed by atoms with Gasteiger partial charge >= 0.3 is 0 Å². The van der Waals surface area contributed by atoms with Crippen LogP contribution in [-0.2, 0) is 4.79 Å². The van der Waals surface area contributed by atoms with E-state index in [2.05, 4.69) is 15.8 Å². The summed E-state index contributed by atoms with van der Waals surface area (Å²) in [4.78, 5) is 24.5. The summed E-state index contributed by atoms with van der Waals surface area (Å²) >= 11 is 0. The molecule has 0 saturated heterocycles. The summed E-state index contributed by atoms with van der Waals surface area (Å²) in [6.07, 6.45) is 5.90. The lowest BCUT2D eigenvalue weighted by Crippen LogP contribution is -2.52. The molecule has 1 saturated carbocycles. The van der Waals surface area contributed by atoms with Gasteiger partial charge in [0.25, 0.3) is 5.91 Å². The number of benzene rings is 1. The van der Waals surface area contributed by atoms with Crippen molar-refractivity contribution in [2.75, 3.05) is 10.6 Å². The van der Waals surface area contributed by atoms with Gasteiger partial charge in [0.05, 0.1) is 11.7 Å². The first-order valence-electron chi connectivity index (χ1n) is 8.41. The number of halogens is 1. The van der Waals surface area contributed by atoms with Gasteiger partial charge in [-0.25, -0.2) is 0 Å². The molecular weight excluding hydrogens is 356 g/mol. The smallest absolute Gasteiger partial charge is 0.260 e. The zero-order chi connectivity index (χ0) is 17.9. The Morgan fingerprint density at radius 1 is 1.08 bits per heavy atom. The molecule has 1 aromatic heterocycles. The van der Waals surface area contributed by atoms with Crippen LogP contribution < -0.4 is 16.4 Å². The number of hydrogen-bond donors (Lipinski definition) is 3. The minimum atomic E-state index is -0.781. The van der Waals surface area contributed by atoms with Gasteiger partial charge in [-0.1, -0.05) is 24.4 Å². The number of amides is 2. The van der Waals surface area contributed by atoms with E-state index in [1.165, 1.54) is 6.20 Å². The first-order valence-corrected chi connectivity index (χ1v) is 8.41. The standard InChI is InChI=1S/C18H22N4O3.ClH/c1-12-15(11-20-25-12)16(23)21-13-5-7-14(8-6-13)22-17(24)18(19)9-3-2-4-10-18;/h5-8,11H,2-4,9-10,19H2,1H3,(H,21,23)(H,22,24);1H. The van der Waals surface area contributed by atoms with Crippen LogP contribution in [0.1, 0.15) is 48.2 Å². The molecule has 1 aliphatic carbocycles. The molecule has 3 rings (SSSR count). The Bertz CT molecular complexity index is 767. The van der Waals surface area contributed by atoms with Gasteiger partial charge < -0.3 is 20.9 Å². The van der Waals surface area contributed by atoms with Crippen LogP contribution in [-0.4, -0.2) is 22.5 Å². The van der Waals surface area contributed by atoms with E-state index in [4.69, 9.17) is 10.3 Å². The molecule has 1 fully saturated rings. The Morgan fingerprint density at radius 2 is 1.65 bits per heavy atom. The van der Waals surface area contributed by atoms with E-state index in [-0.39, 0.29) is 24.2 Å². The molecule has 1 heterocycles. The fourth-order valence-corrected chi connectivity index (χ4v) is 3.02. The van der Waals surface area contributed by atoms with Crippen LogP contribution >= 0.6 is 12.4 Å². The number of aromatic nitrogens is 1. The van der Waals surface area contributed by atoms with E-state index < -0.39 is 5.54 Å². The number of nitrogens with zero attached hydrogens (tertiary/aromatic N) is 1. The largest absolute Gasteiger partial charge is 0.361 e. The van der Waals surface area contributed by atoms with Crippen molar-refractivity contribution in [1.29, 1.82) is 0 Å². The first-order chi connectivity index (χ1) is 12.0. The molecular formula is C18H23ClN4O3. The van der Waals surface area contributed by atoms with Crippen molar-refractivity contribution >= 4 is 35.6 Å². The van der Waals surface area contributed by atoms with E-state index in [0.717, 1.165) is 19.3 Å². The zero-order valence-corrected chi connectivity index (χ0v) is 15.4.